The van der Waals surface area contributed by atoms with Crippen LogP contribution < -0.4 is 10.2 Å². The third-order valence-corrected chi connectivity index (χ3v) is 4.04. The number of hydrogen-bond donors (Lipinski definition) is 1. The second-order valence-corrected chi connectivity index (χ2v) is 6.01. The summed E-state index contributed by atoms with van der Waals surface area (Å²) in [4.78, 5) is 2.08. The standard InChI is InChI=1S/C17H18BrN3/c1-12(14-5-7-15(8-6-14)21(2)3)20-17-9-4-13(11-19)10-16(17)18/h4-10,12,20H,1-3H3. The number of nitriles is 1. The van der Waals surface area contributed by atoms with Crippen LogP contribution in [0.25, 0.3) is 0 Å². The summed E-state index contributed by atoms with van der Waals surface area (Å²) in [5.74, 6) is 0. The molecule has 0 radical (unpaired) electrons. The van der Waals surface area contributed by atoms with Gasteiger partial charge in [-0.15, -0.1) is 0 Å². The SMILES string of the molecule is CC(Nc1ccc(C#N)cc1Br)c1ccc(N(C)C)cc1. The molecule has 0 aromatic heterocycles. The molecule has 0 bridgehead atoms. The molecule has 4 heteroatoms. The van der Waals surface area contributed by atoms with Crippen molar-refractivity contribution in [1.29, 1.82) is 5.26 Å². The molecule has 0 aliphatic rings. The van der Waals surface area contributed by atoms with Crippen LogP contribution in [0.2, 0.25) is 0 Å². The molecule has 21 heavy (non-hydrogen) atoms. The smallest absolute Gasteiger partial charge is 0.0992 e. The number of benzene rings is 2. The van der Waals surface area contributed by atoms with Gasteiger partial charge in [-0.05, 0) is 58.7 Å². The number of halogens is 1. The van der Waals surface area contributed by atoms with Gasteiger partial charge in [-0.1, -0.05) is 12.1 Å². The Morgan fingerprint density at radius 2 is 1.81 bits per heavy atom. The number of hydrogen-bond acceptors (Lipinski definition) is 3. The Labute approximate surface area is 134 Å². The highest BCUT2D eigenvalue weighted by Gasteiger charge is 2.08. The normalized spacial score (nSPS) is 11.6. The summed E-state index contributed by atoms with van der Waals surface area (Å²) in [6.07, 6.45) is 0. The second kappa shape index (κ2) is 6.64. The van der Waals surface area contributed by atoms with Gasteiger partial charge in [-0.3, -0.25) is 0 Å². The zero-order valence-corrected chi connectivity index (χ0v) is 14.0. The number of anilines is 2. The average Bonchev–Trinajstić information content (AvgIpc) is 2.49. The van der Waals surface area contributed by atoms with Crippen molar-refractivity contribution in [2.24, 2.45) is 0 Å². The zero-order chi connectivity index (χ0) is 15.4. The van der Waals surface area contributed by atoms with Crippen LogP contribution in [0.3, 0.4) is 0 Å². The van der Waals surface area contributed by atoms with Crippen molar-refractivity contribution in [1.82, 2.24) is 0 Å². The summed E-state index contributed by atoms with van der Waals surface area (Å²) in [6, 6.07) is 16.4. The topological polar surface area (TPSA) is 39.1 Å². The maximum absolute atomic E-state index is 8.89. The molecular formula is C17H18BrN3. The molecule has 0 saturated carbocycles. The summed E-state index contributed by atoms with van der Waals surface area (Å²) in [5, 5.41) is 12.3. The number of nitrogens with one attached hydrogen (secondary N) is 1. The highest BCUT2D eigenvalue weighted by atomic mass is 79.9. The maximum atomic E-state index is 8.89. The van der Waals surface area contributed by atoms with Gasteiger partial charge in [-0.25, -0.2) is 0 Å². The molecule has 2 aromatic carbocycles. The predicted octanol–water partition coefficient (Wildman–Crippen LogP) is 4.56. The first-order chi connectivity index (χ1) is 10.0. The van der Waals surface area contributed by atoms with E-state index < -0.39 is 0 Å². The van der Waals surface area contributed by atoms with Gasteiger partial charge in [0.25, 0.3) is 0 Å². The van der Waals surface area contributed by atoms with Crippen molar-refractivity contribution in [3.63, 3.8) is 0 Å². The van der Waals surface area contributed by atoms with E-state index >= 15 is 0 Å². The van der Waals surface area contributed by atoms with Crippen LogP contribution in [-0.4, -0.2) is 14.1 Å². The fourth-order valence-electron chi connectivity index (χ4n) is 2.08. The minimum Gasteiger partial charge on any atom is -0.378 e. The molecule has 0 aliphatic carbocycles. The van der Waals surface area contributed by atoms with E-state index in [1.54, 1.807) is 0 Å². The first-order valence-corrected chi connectivity index (χ1v) is 7.54. The van der Waals surface area contributed by atoms with Gasteiger partial charge in [0.2, 0.25) is 0 Å². The van der Waals surface area contributed by atoms with E-state index in [2.05, 4.69) is 63.4 Å². The average molecular weight is 344 g/mol. The third-order valence-electron chi connectivity index (χ3n) is 3.38. The van der Waals surface area contributed by atoms with E-state index in [0.29, 0.717) is 5.56 Å². The van der Waals surface area contributed by atoms with Crippen molar-refractivity contribution in [3.8, 4) is 6.07 Å². The molecule has 0 amide bonds. The van der Waals surface area contributed by atoms with E-state index in [1.165, 1.54) is 11.3 Å². The van der Waals surface area contributed by atoms with Crippen LogP contribution in [0.4, 0.5) is 11.4 Å². The molecule has 1 atom stereocenters. The summed E-state index contributed by atoms with van der Waals surface area (Å²) in [6.45, 7) is 2.12. The van der Waals surface area contributed by atoms with Crippen molar-refractivity contribution in [2.75, 3.05) is 24.3 Å². The van der Waals surface area contributed by atoms with E-state index in [4.69, 9.17) is 5.26 Å². The first kappa shape index (κ1) is 15.4. The largest absolute Gasteiger partial charge is 0.378 e. The minimum absolute atomic E-state index is 0.186. The van der Waals surface area contributed by atoms with Crippen molar-refractivity contribution in [2.45, 2.75) is 13.0 Å². The summed E-state index contributed by atoms with van der Waals surface area (Å²) >= 11 is 3.50. The fourth-order valence-corrected chi connectivity index (χ4v) is 2.57. The summed E-state index contributed by atoms with van der Waals surface area (Å²) in [7, 11) is 4.06. The van der Waals surface area contributed by atoms with E-state index in [0.717, 1.165) is 10.2 Å². The fraction of sp³-hybridized carbons (Fsp3) is 0.235. The van der Waals surface area contributed by atoms with Crippen LogP contribution in [-0.2, 0) is 0 Å². The molecule has 108 valence electrons. The van der Waals surface area contributed by atoms with Gasteiger partial charge in [-0.2, -0.15) is 5.26 Å². The molecule has 0 saturated heterocycles. The molecule has 2 rings (SSSR count). The highest BCUT2D eigenvalue weighted by molar-refractivity contribution is 9.10. The molecule has 1 N–H and O–H groups in total. The molecular weight excluding hydrogens is 326 g/mol. The van der Waals surface area contributed by atoms with E-state index in [-0.39, 0.29) is 6.04 Å². The number of nitrogens with zero attached hydrogens (tertiary/aromatic N) is 2. The molecule has 1 unspecified atom stereocenters. The Kier molecular flexibility index (Phi) is 4.87. The lowest BCUT2D eigenvalue weighted by Gasteiger charge is -2.18. The summed E-state index contributed by atoms with van der Waals surface area (Å²) < 4.78 is 0.901. The van der Waals surface area contributed by atoms with Gasteiger partial charge in [0.15, 0.2) is 0 Å². The Morgan fingerprint density at radius 1 is 1.14 bits per heavy atom. The van der Waals surface area contributed by atoms with Gasteiger partial charge in [0.1, 0.15) is 0 Å². The number of rotatable bonds is 4. The van der Waals surface area contributed by atoms with Crippen LogP contribution in [0.5, 0.6) is 0 Å². The molecule has 2 aromatic rings. The van der Waals surface area contributed by atoms with E-state index in [1.807, 2.05) is 32.3 Å². The Bertz CT molecular complexity index is 657. The second-order valence-electron chi connectivity index (χ2n) is 5.16. The van der Waals surface area contributed by atoms with Gasteiger partial charge in [0.05, 0.1) is 11.6 Å². The molecule has 0 heterocycles. The lowest BCUT2D eigenvalue weighted by atomic mass is 10.1. The lowest BCUT2D eigenvalue weighted by molar-refractivity contribution is 0.883. The first-order valence-electron chi connectivity index (χ1n) is 6.74. The highest BCUT2D eigenvalue weighted by Crippen LogP contribution is 2.28. The third kappa shape index (κ3) is 3.77. The van der Waals surface area contributed by atoms with Crippen LogP contribution in [0, 0.1) is 11.3 Å². The summed E-state index contributed by atoms with van der Waals surface area (Å²) in [5.41, 5.74) is 4.04. The zero-order valence-electron chi connectivity index (χ0n) is 12.4. The quantitative estimate of drug-likeness (QED) is 0.884. The Hall–Kier alpha value is -1.99. The lowest BCUT2D eigenvalue weighted by Crippen LogP contribution is -2.10. The van der Waals surface area contributed by atoms with Gasteiger partial charge < -0.3 is 10.2 Å². The maximum Gasteiger partial charge on any atom is 0.0992 e. The Morgan fingerprint density at radius 3 is 2.33 bits per heavy atom. The Balaban J connectivity index is 2.14. The minimum atomic E-state index is 0.186. The molecule has 0 spiro atoms. The van der Waals surface area contributed by atoms with Crippen LogP contribution in [0.1, 0.15) is 24.1 Å². The molecule has 0 fully saturated rings. The van der Waals surface area contributed by atoms with Crippen molar-refractivity contribution >= 4 is 27.3 Å². The van der Waals surface area contributed by atoms with Crippen LogP contribution in [0.15, 0.2) is 46.9 Å². The van der Waals surface area contributed by atoms with Crippen molar-refractivity contribution < 1.29 is 0 Å². The van der Waals surface area contributed by atoms with Crippen molar-refractivity contribution in [3.05, 3.63) is 58.1 Å². The van der Waals surface area contributed by atoms with Gasteiger partial charge in [0, 0.05) is 36.0 Å². The van der Waals surface area contributed by atoms with Crippen LogP contribution >= 0.6 is 15.9 Å². The monoisotopic (exact) mass is 343 g/mol. The van der Waals surface area contributed by atoms with E-state index in [9.17, 15) is 0 Å². The molecule has 3 nitrogen and oxygen atoms in total. The predicted molar refractivity (Wildman–Crippen MR) is 91.7 cm³/mol. The molecule has 0 aliphatic heterocycles. The van der Waals surface area contributed by atoms with Gasteiger partial charge >= 0.3 is 0 Å².